The van der Waals surface area contributed by atoms with Crippen LogP contribution in [0.1, 0.15) is 33.6 Å². The molecule has 6 nitrogen and oxygen atoms in total. The van der Waals surface area contributed by atoms with Crippen LogP contribution in [-0.4, -0.2) is 50.3 Å². The number of sulfonamides is 1. The third kappa shape index (κ3) is 6.89. The van der Waals surface area contributed by atoms with Gasteiger partial charge in [-0.25, -0.2) is 13.6 Å². The van der Waals surface area contributed by atoms with Crippen LogP contribution in [0.4, 0.5) is 0 Å². The second kappa shape index (κ2) is 6.19. The van der Waals surface area contributed by atoms with Crippen LogP contribution in [0.2, 0.25) is 0 Å². The molecule has 1 rings (SSSR count). The lowest BCUT2D eigenvalue weighted by Gasteiger charge is -2.21. The van der Waals surface area contributed by atoms with Crippen molar-refractivity contribution >= 4 is 15.9 Å². The van der Waals surface area contributed by atoms with Gasteiger partial charge in [0, 0.05) is 32.0 Å². The quantitative estimate of drug-likeness (QED) is 0.714. The molecule has 112 valence electrons. The molecule has 1 amide bonds. The lowest BCUT2D eigenvalue weighted by molar-refractivity contribution is -0.128. The zero-order chi connectivity index (χ0) is 14.7. The molecular formula is C12H24N2O4S. The van der Waals surface area contributed by atoms with E-state index < -0.39 is 10.0 Å². The number of ether oxygens (including phenoxy) is 1. The Balaban J connectivity index is 2.30. The maximum absolute atomic E-state index is 11.7. The summed E-state index contributed by atoms with van der Waals surface area (Å²) in [6.45, 7) is 7.62. The van der Waals surface area contributed by atoms with Crippen molar-refractivity contribution in [3.05, 3.63) is 0 Å². The molecule has 1 aliphatic rings. The molecule has 0 bridgehead atoms. The molecule has 1 fully saturated rings. The minimum atomic E-state index is -3.50. The topological polar surface area (TPSA) is 89.7 Å². The third-order valence-electron chi connectivity index (χ3n) is 2.87. The van der Waals surface area contributed by atoms with E-state index in [1.54, 1.807) is 4.90 Å². The molecule has 0 aromatic rings. The molecule has 0 aromatic heterocycles. The average molecular weight is 292 g/mol. The fourth-order valence-electron chi connectivity index (χ4n) is 2.14. The summed E-state index contributed by atoms with van der Waals surface area (Å²) in [5, 5.41) is 5.00. The van der Waals surface area contributed by atoms with Crippen molar-refractivity contribution in [3.63, 3.8) is 0 Å². The number of rotatable bonds is 6. The van der Waals surface area contributed by atoms with Gasteiger partial charge >= 0.3 is 0 Å². The van der Waals surface area contributed by atoms with Crippen molar-refractivity contribution in [1.29, 1.82) is 0 Å². The van der Waals surface area contributed by atoms with Crippen LogP contribution in [0.5, 0.6) is 0 Å². The second-order valence-electron chi connectivity index (χ2n) is 6.05. The van der Waals surface area contributed by atoms with Crippen LogP contribution >= 0.6 is 0 Å². The number of amides is 1. The zero-order valence-electron chi connectivity index (χ0n) is 11.9. The highest BCUT2D eigenvalue weighted by Crippen LogP contribution is 2.19. The van der Waals surface area contributed by atoms with E-state index in [9.17, 15) is 13.2 Å². The van der Waals surface area contributed by atoms with Crippen molar-refractivity contribution in [2.45, 2.75) is 39.2 Å². The van der Waals surface area contributed by atoms with Gasteiger partial charge in [-0.2, -0.15) is 0 Å². The Bertz CT molecular complexity index is 414. The Hall–Kier alpha value is -0.660. The molecule has 2 N–H and O–H groups in total. The van der Waals surface area contributed by atoms with E-state index in [-0.39, 0.29) is 29.6 Å². The molecule has 0 saturated carbocycles. The molecule has 0 aromatic carbocycles. The van der Waals surface area contributed by atoms with Crippen molar-refractivity contribution in [3.8, 4) is 0 Å². The standard InChI is InChI=1S/C12H24N2O4S/c1-12(2,3)18-6-4-5-14-8-10(7-11(14)15)9-19(13,16)17/h10H,4-9H2,1-3H3,(H2,13,16,17). The van der Waals surface area contributed by atoms with Crippen LogP contribution in [-0.2, 0) is 19.6 Å². The minimum absolute atomic E-state index is 0.00408. The van der Waals surface area contributed by atoms with E-state index >= 15 is 0 Å². The van der Waals surface area contributed by atoms with Gasteiger partial charge in [0.25, 0.3) is 0 Å². The first-order chi connectivity index (χ1) is 8.57. The fourth-order valence-corrected chi connectivity index (χ4v) is 3.02. The molecule has 19 heavy (non-hydrogen) atoms. The van der Waals surface area contributed by atoms with Crippen molar-refractivity contribution < 1.29 is 17.9 Å². The fraction of sp³-hybridized carbons (Fsp3) is 0.917. The van der Waals surface area contributed by atoms with Crippen LogP contribution in [0, 0.1) is 5.92 Å². The van der Waals surface area contributed by atoms with E-state index in [4.69, 9.17) is 9.88 Å². The van der Waals surface area contributed by atoms with Crippen molar-refractivity contribution in [2.24, 2.45) is 11.1 Å². The molecule has 0 aliphatic carbocycles. The molecule has 1 aliphatic heterocycles. The molecular weight excluding hydrogens is 268 g/mol. The molecule has 1 heterocycles. The first-order valence-electron chi connectivity index (χ1n) is 6.49. The maximum atomic E-state index is 11.7. The van der Waals surface area contributed by atoms with Gasteiger partial charge < -0.3 is 9.64 Å². The van der Waals surface area contributed by atoms with Crippen LogP contribution in [0.25, 0.3) is 0 Å². The number of primary sulfonamides is 1. The van der Waals surface area contributed by atoms with Crippen LogP contribution in [0.15, 0.2) is 0 Å². The molecule has 7 heteroatoms. The number of nitrogens with zero attached hydrogens (tertiary/aromatic N) is 1. The Labute approximate surface area is 115 Å². The number of hydrogen-bond donors (Lipinski definition) is 1. The predicted octanol–water partition coefficient (Wildman–Crippen LogP) is 0.329. The lowest BCUT2D eigenvalue weighted by atomic mass is 10.1. The predicted molar refractivity (Wildman–Crippen MR) is 73.0 cm³/mol. The maximum Gasteiger partial charge on any atom is 0.222 e. The number of hydrogen-bond acceptors (Lipinski definition) is 4. The Kier molecular flexibility index (Phi) is 5.34. The minimum Gasteiger partial charge on any atom is -0.376 e. The van der Waals surface area contributed by atoms with Gasteiger partial charge in [-0.05, 0) is 27.2 Å². The van der Waals surface area contributed by atoms with Crippen LogP contribution in [0.3, 0.4) is 0 Å². The third-order valence-corrected chi connectivity index (χ3v) is 3.81. The van der Waals surface area contributed by atoms with Gasteiger partial charge in [0.1, 0.15) is 0 Å². The van der Waals surface area contributed by atoms with Crippen molar-refractivity contribution in [1.82, 2.24) is 4.90 Å². The highest BCUT2D eigenvalue weighted by Gasteiger charge is 2.31. The summed E-state index contributed by atoms with van der Waals surface area (Å²) < 4.78 is 27.6. The van der Waals surface area contributed by atoms with Gasteiger partial charge in [0.05, 0.1) is 11.4 Å². The van der Waals surface area contributed by atoms with E-state index in [0.717, 1.165) is 6.42 Å². The Morgan fingerprint density at radius 3 is 2.58 bits per heavy atom. The number of likely N-dealkylation sites (tertiary alicyclic amines) is 1. The van der Waals surface area contributed by atoms with Gasteiger partial charge in [-0.3, -0.25) is 4.79 Å². The highest BCUT2D eigenvalue weighted by molar-refractivity contribution is 7.89. The first-order valence-corrected chi connectivity index (χ1v) is 8.20. The van der Waals surface area contributed by atoms with Gasteiger partial charge in [-0.1, -0.05) is 0 Å². The first kappa shape index (κ1) is 16.4. The van der Waals surface area contributed by atoms with Crippen molar-refractivity contribution in [2.75, 3.05) is 25.4 Å². The number of nitrogens with two attached hydrogens (primary N) is 1. The normalized spacial score (nSPS) is 21.2. The summed E-state index contributed by atoms with van der Waals surface area (Å²) in [6.07, 6.45) is 1.03. The largest absolute Gasteiger partial charge is 0.376 e. The number of carbonyl (C=O) groups is 1. The summed E-state index contributed by atoms with van der Waals surface area (Å²) in [5.41, 5.74) is -0.175. The average Bonchev–Trinajstić information content (AvgIpc) is 2.49. The van der Waals surface area contributed by atoms with E-state index in [1.165, 1.54) is 0 Å². The van der Waals surface area contributed by atoms with E-state index in [1.807, 2.05) is 20.8 Å². The Morgan fingerprint density at radius 2 is 2.05 bits per heavy atom. The summed E-state index contributed by atoms with van der Waals surface area (Å²) in [5.74, 6) is -0.288. The Morgan fingerprint density at radius 1 is 1.42 bits per heavy atom. The molecule has 1 unspecified atom stereocenters. The number of carbonyl (C=O) groups excluding carboxylic acids is 1. The van der Waals surface area contributed by atoms with Gasteiger partial charge in [-0.15, -0.1) is 0 Å². The summed E-state index contributed by atoms with van der Waals surface area (Å²) in [7, 11) is -3.50. The smallest absolute Gasteiger partial charge is 0.222 e. The van der Waals surface area contributed by atoms with Gasteiger partial charge in [0.15, 0.2) is 0 Å². The second-order valence-corrected chi connectivity index (χ2v) is 7.71. The summed E-state index contributed by atoms with van der Waals surface area (Å²) in [4.78, 5) is 13.4. The molecule has 1 saturated heterocycles. The molecule has 0 radical (unpaired) electrons. The zero-order valence-corrected chi connectivity index (χ0v) is 12.7. The SMILES string of the molecule is CC(C)(C)OCCCN1CC(CS(N)(=O)=O)CC1=O. The van der Waals surface area contributed by atoms with Crippen LogP contribution < -0.4 is 5.14 Å². The van der Waals surface area contributed by atoms with E-state index in [2.05, 4.69) is 0 Å². The summed E-state index contributed by atoms with van der Waals surface area (Å²) in [6, 6.07) is 0. The monoisotopic (exact) mass is 292 g/mol. The summed E-state index contributed by atoms with van der Waals surface area (Å²) >= 11 is 0. The molecule has 1 atom stereocenters. The lowest BCUT2D eigenvalue weighted by Crippen LogP contribution is -2.30. The molecule has 0 spiro atoms. The van der Waals surface area contributed by atoms with Gasteiger partial charge in [0.2, 0.25) is 15.9 Å². The van der Waals surface area contributed by atoms with E-state index in [0.29, 0.717) is 19.7 Å². The highest BCUT2D eigenvalue weighted by atomic mass is 32.2.